The first kappa shape index (κ1) is 22.3. The van der Waals surface area contributed by atoms with E-state index in [9.17, 15) is 8.78 Å². The van der Waals surface area contributed by atoms with Gasteiger partial charge in [-0.3, -0.25) is 4.99 Å². The Balaban J connectivity index is 1.99. The number of hydrogen-bond donors (Lipinski definition) is 2. The van der Waals surface area contributed by atoms with Gasteiger partial charge in [0, 0.05) is 25.7 Å². The van der Waals surface area contributed by atoms with Gasteiger partial charge in [-0.25, -0.2) is 0 Å². The van der Waals surface area contributed by atoms with Crippen LogP contribution in [0, 0.1) is 6.92 Å². The summed E-state index contributed by atoms with van der Waals surface area (Å²) in [6.45, 7) is 2.27. The number of ether oxygens (including phenoxy) is 3. The van der Waals surface area contributed by atoms with Gasteiger partial charge in [0.05, 0.1) is 13.7 Å². The molecule has 8 heteroatoms. The number of aryl methyl sites for hydroxylation is 1. The third kappa shape index (κ3) is 6.81. The van der Waals surface area contributed by atoms with E-state index >= 15 is 0 Å². The molecule has 0 aliphatic rings. The van der Waals surface area contributed by atoms with E-state index in [2.05, 4.69) is 20.4 Å². The molecule has 29 heavy (non-hydrogen) atoms. The van der Waals surface area contributed by atoms with E-state index in [1.165, 1.54) is 0 Å². The Morgan fingerprint density at radius 2 is 1.76 bits per heavy atom. The van der Waals surface area contributed by atoms with Crippen molar-refractivity contribution in [3.05, 3.63) is 53.1 Å². The molecule has 0 aliphatic heterocycles. The summed E-state index contributed by atoms with van der Waals surface area (Å²) >= 11 is 0. The molecule has 0 atom stereocenters. The fraction of sp³-hybridized carbons (Fsp3) is 0.381. The number of halogens is 2. The number of hydrogen-bond acceptors (Lipinski definition) is 4. The van der Waals surface area contributed by atoms with E-state index in [1.54, 1.807) is 32.4 Å². The van der Waals surface area contributed by atoms with E-state index in [-0.39, 0.29) is 12.3 Å². The average Bonchev–Trinajstić information content (AvgIpc) is 2.70. The van der Waals surface area contributed by atoms with Gasteiger partial charge in [0.25, 0.3) is 0 Å². The van der Waals surface area contributed by atoms with Crippen molar-refractivity contribution in [2.24, 2.45) is 4.99 Å². The van der Waals surface area contributed by atoms with E-state index in [1.807, 2.05) is 32.0 Å². The lowest BCUT2D eigenvalue weighted by atomic mass is 10.1. The molecule has 158 valence electrons. The quantitative estimate of drug-likeness (QED) is 0.488. The summed E-state index contributed by atoms with van der Waals surface area (Å²) in [5.41, 5.74) is 2.55. The van der Waals surface area contributed by atoms with Crippen LogP contribution in [0.4, 0.5) is 8.78 Å². The van der Waals surface area contributed by atoms with Crippen molar-refractivity contribution in [3.63, 3.8) is 0 Å². The molecule has 0 aliphatic carbocycles. The van der Waals surface area contributed by atoms with Crippen molar-refractivity contribution in [2.75, 3.05) is 20.8 Å². The van der Waals surface area contributed by atoms with E-state index in [0.29, 0.717) is 36.2 Å². The standard InChI is InChI=1S/C21H27F2N3O3/c1-5-28-18-9-7-15(11-19(18)27-4)12-25-21(24-3)26-13-16-10-14(2)6-8-17(16)29-20(22)23/h6-11,20H,5,12-13H2,1-4H3,(H2,24,25,26). The van der Waals surface area contributed by atoms with Crippen LogP contribution in [0.5, 0.6) is 17.2 Å². The molecule has 0 aromatic heterocycles. The molecule has 0 heterocycles. The molecule has 0 radical (unpaired) electrons. The minimum absolute atomic E-state index is 0.143. The second-order valence-electron chi connectivity index (χ2n) is 6.19. The normalized spacial score (nSPS) is 11.3. The topological polar surface area (TPSA) is 64.1 Å². The van der Waals surface area contributed by atoms with Crippen LogP contribution in [-0.4, -0.2) is 33.3 Å². The monoisotopic (exact) mass is 407 g/mol. The fourth-order valence-electron chi connectivity index (χ4n) is 2.74. The molecule has 2 aromatic carbocycles. The molecule has 0 bridgehead atoms. The van der Waals surface area contributed by atoms with E-state index in [0.717, 1.165) is 11.1 Å². The van der Waals surface area contributed by atoms with Crippen LogP contribution in [0.15, 0.2) is 41.4 Å². The molecular formula is C21H27F2N3O3. The van der Waals surface area contributed by atoms with E-state index in [4.69, 9.17) is 9.47 Å². The predicted octanol–water partition coefficient (Wildman–Crippen LogP) is 3.87. The zero-order valence-corrected chi connectivity index (χ0v) is 17.1. The van der Waals surface area contributed by atoms with Gasteiger partial charge in [0.2, 0.25) is 0 Å². The van der Waals surface area contributed by atoms with Crippen molar-refractivity contribution < 1.29 is 23.0 Å². The third-order valence-corrected chi connectivity index (χ3v) is 4.09. The summed E-state index contributed by atoms with van der Waals surface area (Å²) < 4.78 is 40.7. The molecule has 0 saturated carbocycles. The zero-order valence-electron chi connectivity index (χ0n) is 17.1. The van der Waals surface area contributed by atoms with Gasteiger partial charge in [-0.1, -0.05) is 23.8 Å². The molecule has 2 rings (SSSR count). The predicted molar refractivity (Wildman–Crippen MR) is 109 cm³/mol. The smallest absolute Gasteiger partial charge is 0.387 e. The number of guanidine groups is 1. The van der Waals surface area contributed by atoms with Crippen molar-refractivity contribution >= 4 is 5.96 Å². The van der Waals surface area contributed by atoms with Gasteiger partial charge in [-0.15, -0.1) is 0 Å². The highest BCUT2D eigenvalue weighted by Gasteiger charge is 2.11. The van der Waals surface area contributed by atoms with Crippen LogP contribution in [0.1, 0.15) is 23.6 Å². The Kier molecular flexibility index (Phi) is 8.51. The van der Waals surface area contributed by atoms with Crippen LogP contribution >= 0.6 is 0 Å². The van der Waals surface area contributed by atoms with Gasteiger partial charge in [-0.05, 0) is 37.6 Å². The Hall–Kier alpha value is -3.03. The highest BCUT2D eigenvalue weighted by atomic mass is 19.3. The number of aliphatic imine (C=N–C) groups is 1. The molecule has 6 nitrogen and oxygen atoms in total. The molecule has 0 spiro atoms. The van der Waals surface area contributed by atoms with Crippen LogP contribution in [-0.2, 0) is 13.1 Å². The van der Waals surface area contributed by atoms with Crippen molar-refractivity contribution in [2.45, 2.75) is 33.5 Å². The molecule has 2 N–H and O–H groups in total. The molecular weight excluding hydrogens is 380 g/mol. The minimum atomic E-state index is -2.87. The first-order valence-electron chi connectivity index (χ1n) is 9.25. The first-order chi connectivity index (χ1) is 14.0. The SMILES string of the molecule is CCOc1ccc(CNC(=NC)NCc2cc(C)ccc2OC(F)F)cc1OC. The molecule has 0 amide bonds. The van der Waals surface area contributed by atoms with Crippen molar-refractivity contribution in [1.29, 1.82) is 0 Å². The Morgan fingerprint density at radius 3 is 2.41 bits per heavy atom. The van der Waals surface area contributed by atoms with Crippen molar-refractivity contribution in [3.8, 4) is 17.2 Å². The lowest BCUT2D eigenvalue weighted by Gasteiger charge is -2.16. The van der Waals surface area contributed by atoms with Gasteiger partial charge < -0.3 is 24.8 Å². The summed E-state index contributed by atoms with van der Waals surface area (Å²) in [4.78, 5) is 4.17. The average molecular weight is 407 g/mol. The number of benzene rings is 2. The number of methoxy groups -OCH3 is 1. The maximum absolute atomic E-state index is 12.6. The number of alkyl halides is 2. The molecule has 0 saturated heterocycles. The summed E-state index contributed by atoms with van der Waals surface area (Å²) in [6, 6.07) is 10.8. The minimum Gasteiger partial charge on any atom is -0.493 e. The van der Waals surface area contributed by atoms with Gasteiger partial charge in [0.15, 0.2) is 17.5 Å². The van der Waals surface area contributed by atoms with Gasteiger partial charge in [0.1, 0.15) is 5.75 Å². The third-order valence-electron chi connectivity index (χ3n) is 4.09. The second kappa shape index (κ2) is 11.1. The summed E-state index contributed by atoms with van der Waals surface area (Å²) in [6.07, 6.45) is 0. The van der Waals surface area contributed by atoms with Crippen molar-refractivity contribution in [1.82, 2.24) is 10.6 Å². The van der Waals surface area contributed by atoms with Gasteiger partial charge in [-0.2, -0.15) is 8.78 Å². The summed E-state index contributed by atoms with van der Waals surface area (Å²) in [7, 11) is 3.23. The Bertz CT molecular complexity index is 829. The highest BCUT2D eigenvalue weighted by molar-refractivity contribution is 5.79. The van der Waals surface area contributed by atoms with Crippen LogP contribution in [0.25, 0.3) is 0 Å². The Morgan fingerprint density at radius 1 is 1.03 bits per heavy atom. The lowest BCUT2D eigenvalue weighted by molar-refractivity contribution is -0.0504. The summed E-state index contributed by atoms with van der Waals surface area (Å²) in [5.74, 6) is 2.02. The zero-order chi connectivity index (χ0) is 21.2. The largest absolute Gasteiger partial charge is 0.493 e. The number of nitrogens with zero attached hydrogens (tertiary/aromatic N) is 1. The maximum atomic E-state index is 12.6. The van der Waals surface area contributed by atoms with Crippen LogP contribution in [0.3, 0.4) is 0 Å². The molecule has 0 unspecified atom stereocenters. The first-order valence-corrected chi connectivity index (χ1v) is 9.25. The van der Waals surface area contributed by atoms with Gasteiger partial charge >= 0.3 is 6.61 Å². The molecule has 0 fully saturated rings. The highest BCUT2D eigenvalue weighted by Crippen LogP contribution is 2.28. The fourth-order valence-corrected chi connectivity index (χ4v) is 2.74. The van der Waals surface area contributed by atoms with E-state index < -0.39 is 6.61 Å². The Labute approximate surface area is 169 Å². The number of rotatable bonds is 9. The maximum Gasteiger partial charge on any atom is 0.387 e. The lowest BCUT2D eigenvalue weighted by Crippen LogP contribution is -2.36. The number of nitrogens with one attached hydrogen (secondary N) is 2. The second-order valence-corrected chi connectivity index (χ2v) is 6.19. The van der Waals surface area contributed by atoms with Crippen LogP contribution < -0.4 is 24.8 Å². The van der Waals surface area contributed by atoms with Crippen LogP contribution in [0.2, 0.25) is 0 Å². The summed E-state index contributed by atoms with van der Waals surface area (Å²) in [5, 5.41) is 6.30. The molecule has 2 aromatic rings.